The first-order chi connectivity index (χ1) is 20.8. The summed E-state index contributed by atoms with van der Waals surface area (Å²) in [5.41, 5.74) is 5.03. The SMILES string of the molecule is C=CCOc1c(C)c(OCC=C)c(OCC=C)c2c1C[C@H]1[C@H]3c4c(cc(C)c(OC)c4O)C[C@@H]([C@H](C#N)N1[C@H]2CO)N3C. The molecule has 0 radical (unpaired) electrons. The van der Waals surface area contributed by atoms with Crippen LogP contribution in [0.25, 0.3) is 0 Å². The largest absolute Gasteiger partial charge is 0.504 e. The Hall–Kier alpha value is -3.97. The summed E-state index contributed by atoms with van der Waals surface area (Å²) in [6.07, 6.45) is 6.05. The molecule has 0 aliphatic carbocycles. The zero-order valence-electron chi connectivity index (χ0n) is 25.4. The Morgan fingerprint density at radius 2 is 1.58 bits per heavy atom. The van der Waals surface area contributed by atoms with E-state index in [-0.39, 0.29) is 50.3 Å². The Morgan fingerprint density at radius 3 is 2.16 bits per heavy atom. The zero-order chi connectivity index (χ0) is 31.0. The van der Waals surface area contributed by atoms with Gasteiger partial charge in [0.25, 0.3) is 0 Å². The first-order valence-corrected chi connectivity index (χ1v) is 14.6. The van der Waals surface area contributed by atoms with Crippen LogP contribution in [0.15, 0.2) is 44.0 Å². The molecule has 5 rings (SSSR count). The molecule has 5 atom stereocenters. The molecule has 2 aromatic carbocycles. The van der Waals surface area contributed by atoms with Gasteiger partial charge in [-0.15, -0.1) is 0 Å². The number of nitrogens with zero attached hydrogens (tertiary/aromatic N) is 3. The maximum Gasteiger partial charge on any atom is 0.168 e. The smallest absolute Gasteiger partial charge is 0.168 e. The average Bonchev–Trinajstić information content (AvgIpc) is 2.99. The molecule has 0 spiro atoms. The molecule has 9 heteroatoms. The van der Waals surface area contributed by atoms with Gasteiger partial charge in [-0.25, -0.2) is 0 Å². The van der Waals surface area contributed by atoms with Gasteiger partial charge in [0.15, 0.2) is 23.0 Å². The molecule has 3 heterocycles. The van der Waals surface area contributed by atoms with Crippen molar-refractivity contribution >= 4 is 0 Å². The summed E-state index contributed by atoms with van der Waals surface area (Å²) in [7, 11) is 3.57. The van der Waals surface area contributed by atoms with Crippen molar-refractivity contribution in [3.8, 4) is 34.8 Å². The monoisotopic (exact) mass is 587 g/mol. The molecular weight excluding hydrogens is 546 g/mol. The maximum atomic E-state index is 11.6. The van der Waals surface area contributed by atoms with Crippen molar-refractivity contribution in [1.82, 2.24) is 9.80 Å². The van der Waals surface area contributed by atoms with Crippen LogP contribution >= 0.6 is 0 Å². The van der Waals surface area contributed by atoms with E-state index in [1.807, 2.05) is 20.9 Å². The van der Waals surface area contributed by atoms with Gasteiger partial charge in [0.1, 0.15) is 31.6 Å². The summed E-state index contributed by atoms with van der Waals surface area (Å²) < 4.78 is 24.4. The van der Waals surface area contributed by atoms with Crippen molar-refractivity contribution in [3.05, 3.63) is 77.4 Å². The molecule has 0 aromatic heterocycles. The van der Waals surface area contributed by atoms with Crippen molar-refractivity contribution < 1.29 is 29.2 Å². The van der Waals surface area contributed by atoms with E-state index >= 15 is 0 Å². The predicted octanol–water partition coefficient (Wildman–Crippen LogP) is 4.48. The Morgan fingerprint density at radius 1 is 0.953 bits per heavy atom. The second-order valence-electron chi connectivity index (χ2n) is 11.3. The molecule has 43 heavy (non-hydrogen) atoms. The average molecular weight is 588 g/mol. The topological polar surface area (TPSA) is 108 Å². The van der Waals surface area contributed by atoms with Gasteiger partial charge in [0, 0.05) is 34.3 Å². The van der Waals surface area contributed by atoms with Crippen molar-refractivity contribution in [1.29, 1.82) is 5.26 Å². The maximum absolute atomic E-state index is 11.6. The molecule has 228 valence electrons. The number of nitriles is 1. The van der Waals surface area contributed by atoms with Crippen LogP contribution in [-0.4, -0.2) is 78.7 Å². The molecule has 2 aromatic rings. The molecule has 3 aliphatic rings. The highest BCUT2D eigenvalue weighted by Crippen LogP contribution is 2.57. The van der Waals surface area contributed by atoms with Crippen LogP contribution in [0, 0.1) is 25.2 Å². The first-order valence-electron chi connectivity index (χ1n) is 14.6. The molecule has 1 saturated heterocycles. The number of hydrogen-bond donors (Lipinski definition) is 2. The third-order valence-corrected chi connectivity index (χ3v) is 9.07. The highest BCUT2D eigenvalue weighted by atomic mass is 16.5. The lowest BCUT2D eigenvalue weighted by Gasteiger charge is -2.59. The first kappa shape index (κ1) is 30.5. The number of likely N-dealkylation sites (N-methyl/N-ethyl adjacent to an activating group) is 1. The molecule has 2 N–H and O–H groups in total. The number of hydrogen-bond acceptors (Lipinski definition) is 9. The van der Waals surface area contributed by atoms with E-state index < -0.39 is 12.1 Å². The molecule has 1 fully saturated rings. The van der Waals surface area contributed by atoms with Crippen molar-refractivity contribution in [3.63, 3.8) is 0 Å². The van der Waals surface area contributed by atoms with Gasteiger partial charge in [-0.3, -0.25) is 9.80 Å². The minimum Gasteiger partial charge on any atom is -0.504 e. The molecule has 9 nitrogen and oxygen atoms in total. The van der Waals surface area contributed by atoms with Gasteiger partial charge in [0.2, 0.25) is 0 Å². The third-order valence-electron chi connectivity index (χ3n) is 9.07. The lowest BCUT2D eigenvalue weighted by Crippen LogP contribution is -2.68. The minimum absolute atomic E-state index is 0.122. The fourth-order valence-electron chi connectivity index (χ4n) is 7.48. The minimum atomic E-state index is -0.606. The number of aromatic hydroxyl groups is 1. The van der Waals surface area contributed by atoms with Gasteiger partial charge in [-0.2, -0.15) is 5.26 Å². The Kier molecular flexibility index (Phi) is 8.74. The summed E-state index contributed by atoms with van der Waals surface area (Å²) in [6, 6.07) is 2.76. The number of aliphatic hydroxyl groups is 1. The highest BCUT2D eigenvalue weighted by Gasteiger charge is 2.56. The fourth-order valence-corrected chi connectivity index (χ4v) is 7.48. The van der Waals surface area contributed by atoms with Crippen LogP contribution in [-0.2, 0) is 12.8 Å². The van der Waals surface area contributed by atoms with Crippen molar-refractivity contribution in [2.24, 2.45) is 0 Å². The quantitative estimate of drug-likeness (QED) is 0.368. The Balaban J connectivity index is 1.80. The lowest BCUT2D eigenvalue weighted by atomic mass is 9.71. The summed E-state index contributed by atoms with van der Waals surface area (Å²) in [5.74, 6) is 2.21. The van der Waals surface area contributed by atoms with E-state index in [4.69, 9.17) is 18.9 Å². The van der Waals surface area contributed by atoms with Gasteiger partial charge >= 0.3 is 0 Å². The van der Waals surface area contributed by atoms with Gasteiger partial charge in [-0.05, 0) is 44.9 Å². The normalized spacial score (nSPS) is 24.0. The van der Waals surface area contributed by atoms with Crippen LogP contribution in [0.3, 0.4) is 0 Å². The standard InChI is InChI=1S/C34H41N3O6/c1-8-11-41-32-20(5)33(42-12-9-2)34(43-13-10-3)28-22(32)16-24-29-27-21(14-19(4)31(40-7)30(27)39)15-23(36(29)6)25(17-35)37(24)26(28)18-38/h8-10,14,23-26,29,38-39H,1-3,11-13,15-16,18H2,4-7H3/t23-,24-,25-,26-,29-/m0/s1. The number of aryl methyl sites for hydroxylation is 1. The zero-order valence-corrected chi connectivity index (χ0v) is 25.4. The molecular formula is C34H41N3O6. The summed E-state index contributed by atoms with van der Waals surface area (Å²) in [4.78, 5) is 4.33. The number of ether oxygens (including phenoxy) is 4. The number of piperazine rings is 1. The van der Waals surface area contributed by atoms with E-state index in [2.05, 4.69) is 41.7 Å². The number of phenolic OH excluding ortho intramolecular Hbond substituents is 1. The Bertz CT molecular complexity index is 1480. The number of benzene rings is 2. The summed E-state index contributed by atoms with van der Waals surface area (Å²) in [5, 5.41) is 33.4. The molecule has 3 aliphatic heterocycles. The third kappa shape index (κ3) is 4.74. The predicted molar refractivity (Wildman–Crippen MR) is 164 cm³/mol. The number of fused-ring (bicyclic) bond motifs is 7. The second-order valence-corrected chi connectivity index (χ2v) is 11.3. The van der Waals surface area contributed by atoms with Gasteiger partial charge in [0.05, 0.1) is 31.9 Å². The van der Waals surface area contributed by atoms with E-state index in [1.54, 1.807) is 25.3 Å². The van der Waals surface area contributed by atoms with Crippen molar-refractivity contribution in [2.45, 2.75) is 56.9 Å². The highest BCUT2D eigenvalue weighted by molar-refractivity contribution is 5.66. The molecule has 0 saturated carbocycles. The van der Waals surface area contributed by atoms with Crippen LogP contribution in [0.1, 0.15) is 45.5 Å². The van der Waals surface area contributed by atoms with Crippen molar-refractivity contribution in [2.75, 3.05) is 40.6 Å². The van der Waals surface area contributed by atoms with E-state index in [9.17, 15) is 15.5 Å². The second kappa shape index (κ2) is 12.3. The number of methoxy groups -OCH3 is 1. The summed E-state index contributed by atoms with van der Waals surface area (Å²) >= 11 is 0. The van der Waals surface area contributed by atoms with E-state index in [0.717, 1.165) is 33.4 Å². The van der Waals surface area contributed by atoms with Gasteiger partial charge in [-0.1, -0.05) is 44.0 Å². The fraction of sp³-hybridized carbons (Fsp3) is 0.441. The number of phenols is 1. The number of aliphatic hydroxyl groups excluding tert-OH is 1. The number of rotatable bonds is 11. The molecule has 2 bridgehead atoms. The van der Waals surface area contributed by atoms with Gasteiger partial charge < -0.3 is 29.2 Å². The van der Waals surface area contributed by atoms with E-state index in [1.165, 1.54) is 0 Å². The van der Waals surface area contributed by atoms with Crippen LogP contribution < -0.4 is 18.9 Å². The lowest BCUT2D eigenvalue weighted by molar-refractivity contribution is -0.0827. The molecule has 0 unspecified atom stereocenters. The van der Waals surface area contributed by atoms with E-state index in [0.29, 0.717) is 35.8 Å². The molecule has 0 amide bonds. The van der Waals surface area contributed by atoms with Crippen LogP contribution in [0.2, 0.25) is 0 Å². The van der Waals surface area contributed by atoms with Crippen LogP contribution in [0.5, 0.6) is 28.7 Å². The van der Waals surface area contributed by atoms with Crippen LogP contribution in [0.4, 0.5) is 0 Å². The Labute approximate surface area is 253 Å². The summed E-state index contributed by atoms with van der Waals surface area (Å²) in [6.45, 7) is 15.8.